The summed E-state index contributed by atoms with van der Waals surface area (Å²) in [6.45, 7) is 2.09. The van der Waals surface area contributed by atoms with Crippen LogP contribution in [0.5, 0.6) is 5.75 Å². The average molecular weight is 247 g/mol. The van der Waals surface area contributed by atoms with Crippen LogP contribution in [0.15, 0.2) is 24.3 Å². The zero-order valence-electron chi connectivity index (χ0n) is 10.6. The van der Waals surface area contributed by atoms with Crippen molar-refractivity contribution in [2.45, 2.75) is 13.3 Å². The van der Waals surface area contributed by atoms with E-state index in [0.717, 1.165) is 24.0 Å². The molecule has 1 rings (SSSR count). The molecule has 0 fully saturated rings. The molecule has 0 aliphatic heterocycles. The third-order valence-electron chi connectivity index (χ3n) is 2.37. The highest BCUT2D eigenvalue weighted by molar-refractivity contribution is 5.77. The SMILES string of the molecule is COc1ccc(C=O)cc1C=CCCNC(C)=O. The molecule has 1 aromatic carbocycles. The summed E-state index contributed by atoms with van der Waals surface area (Å²) in [6.07, 6.45) is 5.35. The van der Waals surface area contributed by atoms with Crippen LogP contribution in [-0.4, -0.2) is 25.8 Å². The monoisotopic (exact) mass is 247 g/mol. The Morgan fingerprint density at radius 3 is 2.83 bits per heavy atom. The van der Waals surface area contributed by atoms with Gasteiger partial charge in [-0.25, -0.2) is 0 Å². The number of ether oxygens (including phenoxy) is 1. The smallest absolute Gasteiger partial charge is 0.216 e. The molecule has 18 heavy (non-hydrogen) atoms. The van der Waals surface area contributed by atoms with Gasteiger partial charge in [0.25, 0.3) is 0 Å². The Morgan fingerprint density at radius 2 is 2.22 bits per heavy atom. The zero-order chi connectivity index (χ0) is 13.4. The maximum atomic E-state index is 10.7. The van der Waals surface area contributed by atoms with Crippen LogP contribution in [0.4, 0.5) is 0 Å². The molecule has 1 N–H and O–H groups in total. The molecule has 1 amide bonds. The van der Waals surface area contributed by atoms with Crippen molar-refractivity contribution in [2.75, 3.05) is 13.7 Å². The number of benzene rings is 1. The Hall–Kier alpha value is -2.10. The summed E-state index contributed by atoms with van der Waals surface area (Å²) in [5, 5.41) is 2.71. The van der Waals surface area contributed by atoms with Crippen LogP contribution in [-0.2, 0) is 4.79 Å². The van der Waals surface area contributed by atoms with Crippen LogP contribution < -0.4 is 10.1 Å². The number of hydrogen-bond acceptors (Lipinski definition) is 3. The van der Waals surface area contributed by atoms with Gasteiger partial charge in [-0.1, -0.05) is 12.2 Å². The summed E-state index contributed by atoms with van der Waals surface area (Å²) in [5.74, 6) is 0.681. The van der Waals surface area contributed by atoms with Gasteiger partial charge in [-0.2, -0.15) is 0 Å². The van der Waals surface area contributed by atoms with E-state index in [1.807, 2.05) is 12.2 Å². The van der Waals surface area contributed by atoms with Gasteiger partial charge < -0.3 is 10.1 Å². The Morgan fingerprint density at radius 1 is 1.44 bits per heavy atom. The summed E-state index contributed by atoms with van der Waals surface area (Å²) >= 11 is 0. The maximum Gasteiger partial charge on any atom is 0.216 e. The number of nitrogens with one attached hydrogen (secondary N) is 1. The minimum absolute atomic E-state index is 0.0380. The molecule has 0 aliphatic rings. The van der Waals surface area contributed by atoms with Crippen LogP contribution in [0.25, 0.3) is 6.08 Å². The lowest BCUT2D eigenvalue weighted by Gasteiger charge is -2.05. The minimum atomic E-state index is -0.0380. The number of carbonyl (C=O) groups is 2. The lowest BCUT2D eigenvalue weighted by Crippen LogP contribution is -2.20. The first-order chi connectivity index (χ1) is 8.67. The normalized spacial score (nSPS) is 10.3. The number of amides is 1. The lowest BCUT2D eigenvalue weighted by molar-refractivity contribution is -0.118. The summed E-state index contributed by atoms with van der Waals surface area (Å²) < 4.78 is 5.20. The molecular formula is C14H17NO3. The third kappa shape index (κ3) is 4.41. The van der Waals surface area contributed by atoms with Crippen LogP contribution >= 0.6 is 0 Å². The van der Waals surface area contributed by atoms with Crippen LogP contribution in [0.3, 0.4) is 0 Å². The molecule has 1 aromatic rings. The molecule has 0 unspecified atom stereocenters. The maximum absolute atomic E-state index is 10.7. The summed E-state index contributed by atoms with van der Waals surface area (Å²) in [6, 6.07) is 5.23. The number of carbonyl (C=O) groups excluding carboxylic acids is 2. The highest BCUT2D eigenvalue weighted by Gasteiger charge is 2.00. The molecule has 0 aliphatic carbocycles. The first-order valence-electron chi connectivity index (χ1n) is 5.71. The summed E-state index contributed by atoms with van der Waals surface area (Å²) in [4.78, 5) is 21.4. The fraction of sp³-hybridized carbons (Fsp3) is 0.286. The van der Waals surface area contributed by atoms with Crippen molar-refractivity contribution < 1.29 is 14.3 Å². The molecule has 0 saturated heterocycles. The standard InChI is InChI=1S/C14H17NO3/c1-11(17)15-8-4-3-5-13-9-12(10-16)6-7-14(13)18-2/h3,5-7,9-10H,4,8H2,1-2H3,(H,15,17). The fourth-order valence-electron chi connectivity index (χ4n) is 1.50. The summed E-state index contributed by atoms with van der Waals surface area (Å²) in [5.41, 5.74) is 1.46. The Kier molecular flexibility index (Phi) is 5.64. The fourth-order valence-corrected chi connectivity index (χ4v) is 1.50. The number of hydrogen-bond donors (Lipinski definition) is 1. The van der Waals surface area contributed by atoms with Crippen molar-refractivity contribution in [3.8, 4) is 5.75 Å². The van der Waals surface area contributed by atoms with Gasteiger partial charge in [0.15, 0.2) is 0 Å². The van der Waals surface area contributed by atoms with E-state index in [9.17, 15) is 9.59 Å². The van der Waals surface area contributed by atoms with Crippen molar-refractivity contribution in [3.05, 3.63) is 35.4 Å². The minimum Gasteiger partial charge on any atom is -0.496 e. The highest BCUT2D eigenvalue weighted by Crippen LogP contribution is 2.20. The Balaban J connectivity index is 2.66. The topological polar surface area (TPSA) is 55.4 Å². The van der Waals surface area contributed by atoms with Gasteiger partial charge in [0.1, 0.15) is 12.0 Å². The van der Waals surface area contributed by atoms with E-state index in [2.05, 4.69) is 5.32 Å². The molecule has 0 aromatic heterocycles. The van der Waals surface area contributed by atoms with Crippen molar-refractivity contribution in [1.29, 1.82) is 0 Å². The van der Waals surface area contributed by atoms with Crippen LogP contribution in [0.2, 0.25) is 0 Å². The lowest BCUT2D eigenvalue weighted by atomic mass is 10.1. The van der Waals surface area contributed by atoms with E-state index in [1.54, 1.807) is 25.3 Å². The van der Waals surface area contributed by atoms with Gasteiger partial charge in [0.2, 0.25) is 5.91 Å². The molecule has 0 saturated carbocycles. The van der Waals surface area contributed by atoms with Crippen LogP contribution in [0.1, 0.15) is 29.3 Å². The van der Waals surface area contributed by atoms with E-state index >= 15 is 0 Å². The average Bonchev–Trinajstić information content (AvgIpc) is 2.37. The second kappa shape index (κ2) is 7.27. The molecule has 0 radical (unpaired) electrons. The van der Waals surface area contributed by atoms with Crippen molar-refractivity contribution >= 4 is 18.3 Å². The zero-order valence-corrected chi connectivity index (χ0v) is 10.6. The molecule has 0 spiro atoms. The largest absolute Gasteiger partial charge is 0.496 e. The second-order valence-electron chi connectivity index (χ2n) is 3.79. The van der Waals surface area contributed by atoms with Crippen LogP contribution in [0, 0.1) is 0 Å². The molecule has 96 valence electrons. The molecule has 0 bridgehead atoms. The highest BCUT2D eigenvalue weighted by atomic mass is 16.5. The predicted octanol–water partition coefficient (Wildman–Crippen LogP) is 2.05. The van der Waals surface area contributed by atoms with Crippen molar-refractivity contribution in [3.63, 3.8) is 0 Å². The van der Waals surface area contributed by atoms with Gasteiger partial charge in [-0.05, 0) is 24.6 Å². The van der Waals surface area contributed by atoms with Gasteiger partial charge in [0.05, 0.1) is 7.11 Å². The van der Waals surface area contributed by atoms with E-state index in [4.69, 9.17) is 4.74 Å². The number of methoxy groups -OCH3 is 1. The van der Waals surface area contributed by atoms with Gasteiger partial charge in [-0.3, -0.25) is 9.59 Å². The number of rotatable bonds is 6. The third-order valence-corrected chi connectivity index (χ3v) is 2.37. The van der Waals surface area contributed by atoms with Gasteiger partial charge >= 0.3 is 0 Å². The first kappa shape index (κ1) is 14.0. The first-order valence-corrected chi connectivity index (χ1v) is 5.71. The van der Waals surface area contributed by atoms with E-state index < -0.39 is 0 Å². The molecule has 4 nitrogen and oxygen atoms in total. The molecule has 4 heteroatoms. The number of aldehydes is 1. The Labute approximate surface area is 107 Å². The summed E-state index contributed by atoms with van der Waals surface area (Å²) in [7, 11) is 1.59. The second-order valence-corrected chi connectivity index (χ2v) is 3.79. The van der Waals surface area contributed by atoms with Crippen molar-refractivity contribution in [1.82, 2.24) is 5.32 Å². The molecule has 0 heterocycles. The van der Waals surface area contributed by atoms with Crippen molar-refractivity contribution in [2.24, 2.45) is 0 Å². The van der Waals surface area contributed by atoms with E-state index in [1.165, 1.54) is 6.92 Å². The van der Waals surface area contributed by atoms with E-state index in [-0.39, 0.29) is 5.91 Å². The predicted molar refractivity (Wildman–Crippen MR) is 70.7 cm³/mol. The molecule has 0 atom stereocenters. The quantitative estimate of drug-likeness (QED) is 0.618. The van der Waals surface area contributed by atoms with E-state index in [0.29, 0.717) is 12.1 Å². The van der Waals surface area contributed by atoms with Gasteiger partial charge in [0, 0.05) is 24.6 Å². The van der Waals surface area contributed by atoms with Gasteiger partial charge in [-0.15, -0.1) is 0 Å². The Bertz CT molecular complexity index is 452. The molecular weight excluding hydrogens is 230 g/mol.